The Labute approximate surface area is 115 Å². The van der Waals surface area contributed by atoms with Crippen molar-refractivity contribution in [1.82, 2.24) is 4.90 Å². The van der Waals surface area contributed by atoms with Crippen LogP contribution in [0.15, 0.2) is 24.3 Å². The maximum atomic E-state index is 12.2. The van der Waals surface area contributed by atoms with Crippen LogP contribution in [0.1, 0.15) is 44.7 Å². The zero-order valence-corrected chi connectivity index (χ0v) is 11.7. The van der Waals surface area contributed by atoms with E-state index in [1.54, 1.807) is 0 Å². The molecule has 0 saturated carbocycles. The number of nitrogens with two attached hydrogens (primary N) is 1. The summed E-state index contributed by atoms with van der Waals surface area (Å²) in [6.07, 6.45) is 3.24. The van der Waals surface area contributed by atoms with E-state index in [9.17, 15) is 4.79 Å². The molecule has 1 aromatic carbocycles. The fourth-order valence-electron chi connectivity index (χ4n) is 2.62. The number of benzene rings is 1. The molecule has 1 fully saturated rings. The SMILES string of the molecule is CCC1CCCN1C(=O)Nc1cccc(C(C)N)c1. The third-order valence-corrected chi connectivity index (χ3v) is 3.77. The molecule has 4 nitrogen and oxygen atoms in total. The van der Waals surface area contributed by atoms with Crippen LogP contribution in [0.5, 0.6) is 0 Å². The molecule has 0 spiro atoms. The summed E-state index contributed by atoms with van der Waals surface area (Å²) in [6, 6.07) is 8.12. The fraction of sp³-hybridized carbons (Fsp3) is 0.533. The summed E-state index contributed by atoms with van der Waals surface area (Å²) >= 11 is 0. The molecular formula is C15H23N3O. The van der Waals surface area contributed by atoms with E-state index < -0.39 is 0 Å². The van der Waals surface area contributed by atoms with Crippen LogP contribution in [0.2, 0.25) is 0 Å². The van der Waals surface area contributed by atoms with E-state index in [4.69, 9.17) is 5.73 Å². The van der Waals surface area contributed by atoms with Crippen molar-refractivity contribution in [2.45, 2.75) is 45.2 Å². The van der Waals surface area contributed by atoms with Gasteiger partial charge in [0.2, 0.25) is 0 Å². The highest BCUT2D eigenvalue weighted by Gasteiger charge is 2.27. The molecule has 2 rings (SSSR count). The summed E-state index contributed by atoms with van der Waals surface area (Å²) in [5.41, 5.74) is 7.71. The summed E-state index contributed by atoms with van der Waals surface area (Å²) in [4.78, 5) is 14.2. The van der Waals surface area contributed by atoms with Gasteiger partial charge in [-0.2, -0.15) is 0 Å². The highest BCUT2D eigenvalue weighted by Crippen LogP contribution is 2.22. The Kier molecular flexibility index (Phi) is 4.43. The van der Waals surface area contributed by atoms with E-state index in [1.807, 2.05) is 36.1 Å². The first-order chi connectivity index (χ1) is 9.11. The molecule has 2 amide bonds. The molecule has 1 aromatic rings. The maximum Gasteiger partial charge on any atom is 0.322 e. The predicted octanol–water partition coefficient (Wildman–Crippen LogP) is 3.11. The van der Waals surface area contributed by atoms with Crippen molar-refractivity contribution in [2.75, 3.05) is 11.9 Å². The number of rotatable bonds is 3. The Morgan fingerprint density at radius 1 is 1.58 bits per heavy atom. The van der Waals surface area contributed by atoms with Crippen LogP contribution in [-0.4, -0.2) is 23.5 Å². The molecule has 0 aromatic heterocycles. The summed E-state index contributed by atoms with van der Waals surface area (Å²) in [7, 11) is 0. The maximum absolute atomic E-state index is 12.2. The number of carbonyl (C=O) groups excluding carboxylic acids is 1. The third kappa shape index (κ3) is 3.26. The van der Waals surface area contributed by atoms with Crippen molar-refractivity contribution < 1.29 is 4.79 Å². The molecule has 2 atom stereocenters. The van der Waals surface area contributed by atoms with Crippen LogP contribution in [0.3, 0.4) is 0 Å². The van der Waals surface area contributed by atoms with Gasteiger partial charge in [-0.05, 0) is 43.9 Å². The predicted molar refractivity (Wildman–Crippen MR) is 78.1 cm³/mol. The number of hydrogen-bond acceptors (Lipinski definition) is 2. The zero-order chi connectivity index (χ0) is 13.8. The van der Waals surface area contributed by atoms with Gasteiger partial charge in [-0.3, -0.25) is 0 Å². The first-order valence-electron chi connectivity index (χ1n) is 7.05. The smallest absolute Gasteiger partial charge is 0.322 e. The largest absolute Gasteiger partial charge is 0.324 e. The van der Waals surface area contributed by atoms with E-state index in [0.29, 0.717) is 6.04 Å². The Morgan fingerprint density at radius 3 is 3.05 bits per heavy atom. The van der Waals surface area contributed by atoms with Crippen LogP contribution < -0.4 is 11.1 Å². The Balaban J connectivity index is 2.04. The van der Waals surface area contributed by atoms with E-state index in [2.05, 4.69) is 12.2 Å². The normalized spacial score (nSPS) is 20.4. The highest BCUT2D eigenvalue weighted by molar-refractivity contribution is 5.89. The highest BCUT2D eigenvalue weighted by atomic mass is 16.2. The lowest BCUT2D eigenvalue weighted by Crippen LogP contribution is -2.38. The van der Waals surface area contributed by atoms with Crippen molar-refractivity contribution in [2.24, 2.45) is 5.73 Å². The lowest BCUT2D eigenvalue weighted by Gasteiger charge is -2.24. The minimum atomic E-state index is -0.0213. The Morgan fingerprint density at radius 2 is 2.37 bits per heavy atom. The summed E-state index contributed by atoms with van der Waals surface area (Å²) in [5.74, 6) is 0. The van der Waals surface area contributed by atoms with Gasteiger partial charge in [0.1, 0.15) is 0 Å². The Hall–Kier alpha value is -1.55. The monoisotopic (exact) mass is 261 g/mol. The Bertz CT molecular complexity index is 445. The molecule has 0 aliphatic carbocycles. The zero-order valence-electron chi connectivity index (χ0n) is 11.7. The van der Waals surface area contributed by atoms with Crippen LogP contribution in [0.4, 0.5) is 10.5 Å². The van der Waals surface area contributed by atoms with Gasteiger partial charge in [0.05, 0.1) is 0 Å². The van der Waals surface area contributed by atoms with Crippen molar-refractivity contribution >= 4 is 11.7 Å². The molecule has 3 N–H and O–H groups in total. The first kappa shape index (κ1) is 13.9. The van der Waals surface area contributed by atoms with Gasteiger partial charge in [-0.25, -0.2) is 4.79 Å². The van der Waals surface area contributed by atoms with Gasteiger partial charge in [0.25, 0.3) is 0 Å². The molecule has 0 radical (unpaired) electrons. The van der Waals surface area contributed by atoms with Crippen molar-refractivity contribution in [1.29, 1.82) is 0 Å². The van der Waals surface area contributed by atoms with Gasteiger partial charge < -0.3 is 16.0 Å². The second kappa shape index (κ2) is 6.06. The molecule has 1 saturated heterocycles. The van der Waals surface area contributed by atoms with E-state index in [1.165, 1.54) is 0 Å². The fourth-order valence-corrected chi connectivity index (χ4v) is 2.62. The average molecular weight is 261 g/mol. The first-order valence-corrected chi connectivity index (χ1v) is 7.05. The number of nitrogens with one attached hydrogen (secondary N) is 1. The molecule has 1 aliphatic rings. The van der Waals surface area contributed by atoms with Gasteiger partial charge in [0, 0.05) is 24.3 Å². The number of amides is 2. The van der Waals surface area contributed by atoms with Crippen molar-refractivity contribution in [3.8, 4) is 0 Å². The van der Waals surface area contributed by atoms with E-state index in [0.717, 1.165) is 37.1 Å². The lowest BCUT2D eigenvalue weighted by atomic mass is 10.1. The van der Waals surface area contributed by atoms with E-state index in [-0.39, 0.29) is 12.1 Å². The van der Waals surface area contributed by atoms with Crippen LogP contribution in [0.25, 0.3) is 0 Å². The van der Waals surface area contributed by atoms with Crippen LogP contribution in [-0.2, 0) is 0 Å². The summed E-state index contributed by atoms with van der Waals surface area (Å²) < 4.78 is 0. The van der Waals surface area contributed by atoms with Crippen LogP contribution >= 0.6 is 0 Å². The second-order valence-corrected chi connectivity index (χ2v) is 5.24. The molecule has 2 unspecified atom stereocenters. The number of hydrogen-bond donors (Lipinski definition) is 2. The number of nitrogens with zero attached hydrogens (tertiary/aromatic N) is 1. The molecule has 4 heteroatoms. The minimum Gasteiger partial charge on any atom is -0.324 e. The minimum absolute atomic E-state index is 0.00572. The van der Waals surface area contributed by atoms with Gasteiger partial charge in [-0.1, -0.05) is 19.1 Å². The number of anilines is 1. The number of urea groups is 1. The van der Waals surface area contributed by atoms with Gasteiger partial charge in [0.15, 0.2) is 0 Å². The lowest BCUT2D eigenvalue weighted by molar-refractivity contribution is 0.205. The number of likely N-dealkylation sites (tertiary alicyclic amines) is 1. The average Bonchev–Trinajstić information content (AvgIpc) is 2.87. The molecule has 1 aliphatic heterocycles. The topological polar surface area (TPSA) is 58.4 Å². The quantitative estimate of drug-likeness (QED) is 0.878. The molecule has 0 bridgehead atoms. The summed E-state index contributed by atoms with van der Waals surface area (Å²) in [6.45, 7) is 4.93. The number of carbonyl (C=O) groups is 1. The van der Waals surface area contributed by atoms with Crippen molar-refractivity contribution in [3.05, 3.63) is 29.8 Å². The van der Waals surface area contributed by atoms with Gasteiger partial charge in [-0.15, -0.1) is 0 Å². The van der Waals surface area contributed by atoms with Crippen molar-refractivity contribution in [3.63, 3.8) is 0 Å². The molecule has 104 valence electrons. The molecule has 1 heterocycles. The molecule has 19 heavy (non-hydrogen) atoms. The van der Waals surface area contributed by atoms with Crippen LogP contribution in [0, 0.1) is 0 Å². The molecular weight excluding hydrogens is 238 g/mol. The second-order valence-electron chi connectivity index (χ2n) is 5.24. The summed E-state index contributed by atoms with van der Waals surface area (Å²) in [5, 5.41) is 2.97. The standard InChI is InChI=1S/C15H23N3O/c1-3-14-8-5-9-18(14)15(19)17-13-7-4-6-12(10-13)11(2)16/h4,6-7,10-11,14H,3,5,8-9,16H2,1-2H3,(H,17,19). The van der Waals surface area contributed by atoms with Gasteiger partial charge >= 0.3 is 6.03 Å². The van der Waals surface area contributed by atoms with E-state index >= 15 is 0 Å². The third-order valence-electron chi connectivity index (χ3n) is 3.77.